The summed E-state index contributed by atoms with van der Waals surface area (Å²) in [6.07, 6.45) is -25.1. The Bertz CT molecular complexity index is 2900. The highest BCUT2D eigenvalue weighted by molar-refractivity contribution is 5.77. The quantitative estimate of drug-likeness (QED) is 0.0824. The van der Waals surface area contributed by atoms with E-state index in [1.807, 2.05) is 4.90 Å². The summed E-state index contributed by atoms with van der Waals surface area (Å²) in [5.41, 5.74) is 6.66. The molecule has 0 amide bonds. The number of epoxide rings is 1. The molecular weight excluding hydrogens is 1060 g/mol. The fraction of sp³-hybridized carbons (Fsp3) is 0.357. The van der Waals surface area contributed by atoms with Crippen molar-refractivity contribution in [1.82, 2.24) is 0 Å². The van der Waals surface area contributed by atoms with Crippen LogP contribution in [-0.2, 0) is 17.6 Å². The lowest BCUT2D eigenvalue weighted by Crippen LogP contribution is -2.38. The molecule has 1 unspecified atom stereocenters. The van der Waals surface area contributed by atoms with Gasteiger partial charge in [0.15, 0.2) is 0 Å². The van der Waals surface area contributed by atoms with Crippen molar-refractivity contribution in [3.8, 4) is 45.3 Å². The van der Waals surface area contributed by atoms with Gasteiger partial charge < -0.3 is 39.0 Å². The third-order valence-electron chi connectivity index (χ3n) is 11.9. The van der Waals surface area contributed by atoms with Crippen LogP contribution in [0.2, 0.25) is 0 Å². The molecule has 6 aromatic carbocycles. The molecule has 78 heavy (non-hydrogen) atoms. The van der Waals surface area contributed by atoms with Crippen molar-refractivity contribution >= 4 is 11.4 Å². The van der Waals surface area contributed by atoms with Crippen molar-refractivity contribution < 1.29 is 90.3 Å². The molecule has 3 heterocycles. The van der Waals surface area contributed by atoms with Crippen molar-refractivity contribution in [2.24, 2.45) is 0 Å². The topological polar surface area (TPSA) is 85.0 Å². The Kier molecular flexibility index (Phi) is 20.4. The second-order valence-corrected chi connectivity index (χ2v) is 17.8. The van der Waals surface area contributed by atoms with Crippen molar-refractivity contribution in [1.29, 1.82) is 0 Å². The second-order valence-electron chi connectivity index (χ2n) is 17.8. The maximum atomic E-state index is 13.5. The van der Waals surface area contributed by atoms with Crippen LogP contribution in [0, 0.1) is 0 Å². The molecule has 3 aliphatic rings. The maximum Gasteiger partial charge on any atom is 0.573 e. The van der Waals surface area contributed by atoms with Crippen LogP contribution < -0.4 is 29.2 Å². The number of fused-ring (bicyclic) bond motifs is 2. The largest absolute Gasteiger partial charge is 0.573 e. The number of nitrogens with zero attached hydrogens (tertiary/aromatic N) is 1. The molecule has 0 radical (unpaired) electrons. The van der Waals surface area contributed by atoms with E-state index in [1.165, 1.54) is 66.7 Å². The van der Waals surface area contributed by atoms with Crippen molar-refractivity contribution in [3.63, 3.8) is 0 Å². The van der Waals surface area contributed by atoms with Gasteiger partial charge in [-0.15, -0.1) is 26.3 Å². The first-order chi connectivity index (χ1) is 35.7. The van der Waals surface area contributed by atoms with Crippen LogP contribution in [-0.4, -0.2) is 68.3 Å². The highest BCUT2D eigenvalue weighted by Gasteiger charge is 2.45. The van der Waals surface area contributed by atoms with Gasteiger partial charge in [0.25, 0.3) is 0 Å². The number of alkyl halides is 14. The van der Waals surface area contributed by atoms with E-state index in [1.54, 1.807) is 67.6 Å². The van der Waals surface area contributed by atoms with Crippen LogP contribution in [0.5, 0.6) is 23.0 Å². The lowest BCUT2D eigenvalue weighted by atomic mass is 9.86. The van der Waals surface area contributed by atoms with E-state index < -0.39 is 55.7 Å². The summed E-state index contributed by atoms with van der Waals surface area (Å²) in [5, 5.41) is 13.5. The Morgan fingerprint density at radius 2 is 1.00 bits per heavy atom. The summed E-state index contributed by atoms with van der Waals surface area (Å²) in [6, 6.07) is 32.2. The third-order valence-corrected chi connectivity index (χ3v) is 11.9. The van der Waals surface area contributed by atoms with Crippen LogP contribution in [0.4, 0.5) is 72.8 Å². The second kappa shape index (κ2) is 25.7. The van der Waals surface area contributed by atoms with E-state index in [9.17, 15) is 66.6 Å². The molecule has 9 rings (SSSR count). The number of nitrogens with one attached hydrogen (secondary N) is 1. The number of hydrogen-bond acceptors (Lipinski definition) is 8. The van der Waals surface area contributed by atoms with Crippen LogP contribution in [0.25, 0.3) is 22.3 Å². The van der Waals surface area contributed by atoms with E-state index in [0.717, 1.165) is 35.1 Å². The van der Waals surface area contributed by atoms with Crippen LogP contribution in [0.1, 0.15) is 75.9 Å². The molecular formula is C56H56F14N2O6. The molecule has 0 bridgehead atoms. The van der Waals surface area contributed by atoms with E-state index in [2.05, 4.69) is 31.2 Å². The zero-order valence-electron chi connectivity index (χ0n) is 40.1. The van der Waals surface area contributed by atoms with Gasteiger partial charge in [-0.2, -0.15) is 35.1 Å². The summed E-state index contributed by atoms with van der Waals surface area (Å²) in [7, 11) is 0. The first kappa shape index (κ1) is 61.9. The number of benzene rings is 6. The summed E-state index contributed by atoms with van der Waals surface area (Å²) in [4.78, 5) is 1.87. The number of aliphatic hydroxyl groups is 1. The minimum absolute atomic E-state index is 0. The molecule has 4 atom stereocenters. The number of rotatable bonds is 14. The molecule has 8 nitrogen and oxygen atoms in total. The average Bonchev–Trinajstić information content (AvgIpc) is 4.14. The molecule has 22 heteroatoms. The summed E-state index contributed by atoms with van der Waals surface area (Å²) in [6.45, 7) is 4.77. The van der Waals surface area contributed by atoms with Crippen molar-refractivity contribution in [3.05, 3.63) is 156 Å². The van der Waals surface area contributed by atoms with E-state index in [-0.39, 0.29) is 44.7 Å². The number of aliphatic hydroxyl groups excluding tert-OH is 1. The van der Waals surface area contributed by atoms with Gasteiger partial charge in [-0.1, -0.05) is 87.6 Å². The maximum absolute atomic E-state index is 13.5. The van der Waals surface area contributed by atoms with Crippen LogP contribution >= 0.6 is 0 Å². The first-order valence-electron chi connectivity index (χ1n) is 23.4. The molecule has 0 aromatic heterocycles. The Hall–Kier alpha value is -6.94. The zero-order chi connectivity index (χ0) is 55.2. The molecule has 0 aliphatic carbocycles. The minimum atomic E-state index is -4.84. The number of halogens is 14. The number of β-amino-alcohol motifs (C(OH)–C–C–N with tert-alkyl or cyclic N) is 1. The van der Waals surface area contributed by atoms with E-state index in [4.69, 9.17) is 4.74 Å². The van der Waals surface area contributed by atoms with Gasteiger partial charge in [0.1, 0.15) is 23.0 Å². The van der Waals surface area contributed by atoms with Crippen LogP contribution in [0.3, 0.4) is 0 Å². The van der Waals surface area contributed by atoms with Gasteiger partial charge in [0.05, 0.1) is 30.9 Å². The third kappa shape index (κ3) is 16.8. The lowest BCUT2D eigenvalue weighted by Gasteiger charge is -2.41. The van der Waals surface area contributed by atoms with Crippen molar-refractivity contribution in [2.75, 3.05) is 23.4 Å². The lowest BCUT2D eigenvalue weighted by molar-refractivity contribution is -0.275. The minimum Gasteiger partial charge on any atom is -0.428 e. The molecule has 1 saturated heterocycles. The fourth-order valence-corrected chi connectivity index (χ4v) is 8.70. The standard InChI is InChI=1S/C27H24F7NO3.C24H18F7NO2.C3H6O.2CH4/c1-16(36)15-35-23(18-6-3-7-19(14-18)37-26(30,31)25(28)29)12-11-22-21(9-4-10-24(22)35)17-5-2-8-20(13-17)38-27(32,33)34;25-22(26)23(27,28)33-16-6-2-5-15(13-16)20-11-10-19-18(8-3-9-21(19)32-20)14-4-1-7-17(12-14)34-24(29,30)31;1-3-2-4-3;;/h2-10,13-14,16,23,25,36H,11-12,15H2,1H3;1-9,12-13,20,22,32H,10-11H2;3H,2H2,1H3;2*1H4/t16-,23-;;3-;;/m1.1../s1. The summed E-state index contributed by atoms with van der Waals surface area (Å²) in [5.74, 6) is -1.50. The summed E-state index contributed by atoms with van der Waals surface area (Å²) < 4.78 is 201. The van der Waals surface area contributed by atoms with Crippen molar-refractivity contribution in [2.45, 2.75) is 116 Å². The molecule has 0 saturated carbocycles. The first-order valence-corrected chi connectivity index (χ1v) is 23.4. The van der Waals surface area contributed by atoms with E-state index >= 15 is 0 Å². The Morgan fingerprint density at radius 1 is 0.577 bits per heavy atom. The van der Waals surface area contributed by atoms with E-state index in [0.29, 0.717) is 65.3 Å². The van der Waals surface area contributed by atoms with Gasteiger partial charge in [0, 0.05) is 17.9 Å². The zero-order valence-corrected chi connectivity index (χ0v) is 40.1. The van der Waals surface area contributed by atoms with Gasteiger partial charge in [-0.05, 0) is 145 Å². The van der Waals surface area contributed by atoms with Crippen LogP contribution in [0.15, 0.2) is 133 Å². The fourth-order valence-electron chi connectivity index (χ4n) is 8.70. The molecule has 0 spiro atoms. The highest BCUT2D eigenvalue weighted by Crippen LogP contribution is 2.45. The molecule has 1 fully saturated rings. The number of ether oxygens (including phenoxy) is 5. The molecule has 6 aromatic rings. The summed E-state index contributed by atoms with van der Waals surface area (Å²) >= 11 is 0. The monoisotopic (exact) mass is 1120 g/mol. The highest BCUT2D eigenvalue weighted by atomic mass is 19.4. The SMILES string of the molecule is C.C.C[C@@H](O)CN1c2cccc(-c3cccc(OC(F)(F)F)c3)c2CC[C@@H]1c1cccc(OC(F)(F)C(F)F)c1.C[C@@H]1CO1.FC(F)C(F)(F)Oc1cccc(C2CCc3c(cccc3-c3cccc(OC(F)(F)F)c3)N2)c1. The predicted octanol–water partition coefficient (Wildman–Crippen LogP) is 16.6. The Labute approximate surface area is 441 Å². The average molecular weight is 1120 g/mol. The number of anilines is 2. The molecule has 2 N–H and O–H groups in total. The Balaban J connectivity index is 0.000000262. The van der Waals surface area contributed by atoms with Gasteiger partial charge in [0.2, 0.25) is 0 Å². The Morgan fingerprint density at radius 3 is 1.47 bits per heavy atom. The predicted molar refractivity (Wildman–Crippen MR) is 267 cm³/mol. The number of hydrogen-bond donors (Lipinski definition) is 2. The van der Waals surface area contributed by atoms with Gasteiger partial charge in [-0.3, -0.25) is 0 Å². The molecule has 424 valence electrons. The van der Waals surface area contributed by atoms with Gasteiger partial charge in [-0.25, -0.2) is 0 Å². The van der Waals surface area contributed by atoms with Gasteiger partial charge >= 0.3 is 37.8 Å². The smallest absolute Gasteiger partial charge is 0.428 e. The molecule has 3 aliphatic heterocycles. The normalized spacial score (nSPS) is 17.2.